The third kappa shape index (κ3) is 2.62. The smallest absolute Gasteiger partial charge is 0.113 e. The second-order valence-corrected chi connectivity index (χ2v) is 7.04. The number of hydrogen-bond acceptors (Lipinski definition) is 0. The van der Waals surface area contributed by atoms with Crippen molar-refractivity contribution in [3.8, 4) is 0 Å². The summed E-state index contributed by atoms with van der Waals surface area (Å²) < 4.78 is 0. The SMILES string of the molecule is ClC[Si](CBr)c1ccccc1. The molecule has 0 nitrogen and oxygen atoms in total. The molecule has 1 aromatic rings. The van der Waals surface area contributed by atoms with Crippen LogP contribution in [0.2, 0.25) is 0 Å². The van der Waals surface area contributed by atoms with E-state index in [4.69, 9.17) is 11.6 Å². The molecule has 0 bridgehead atoms. The van der Waals surface area contributed by atoms with Crippen molar-refractivity contribution >= 4 is 41.5 Å². The van der Waals surface area contributed by atoms with Gasteiger partial charge in [-0.15, -0.1) is 11.6 Å². The molecule has 11 heavy (non-hydrogen) atoms. The highest BCUT2D eigenvalue weighted by molar-refractivity contribution is 9.09. The molecule has 0 spiro atoms. The molecular weight excluding hydrogens is 240 g/mol. The number of benzene rings is 1. The quantitative estimate of drug-likeness (QED) is 0.568. The van der Waals surface area contributed by atoms with Crippen LogP contribution in [-0.4, -0.2) is 19.3 Å². The van der Waals surface area contributed by atoms with Crippen LogP contribution in [0.3, 0.4) is 0 Å². The molecule has 0 aliphatic rings. The highest BCUT2D eigenvalue weighted by atomic mass is 79.9. The standard InChI is InChI=1S/C8H9BrClSi/c9-6-11(7-10)8-4-2-1-3-5-8/h1-5H,6-7H2. The van der Waals surface area contributed by atoms with Crippen LogP contribution < -0.4 is 5.19 Å². The van der Waals surface area contributed by atoms with E-state index in [0.717, 1.165) is 10.5 Å². The van der Waals surface area contributed by atoms with Crippen LogP contribution in [0.1, 0.15) is 0 Å². The van der Waals surface area contributed by atoms with Crippen LogP contribution in [0, 0.1) is 0 Å². The minimum Gasteiger partial charge on any atom is -0.130 e. The van der Waals surface area contributed by atoms with Gasteiger partial charge < -0.3 is 0 Å². The van der Waals surface area contributed by atoms with Crippen molar-refractivity contribution in [1.82, 2.24) is 0 Å². The third-order valence-electron chi connectivity index (χ3n) is 1.50. The molecule has 1 radical (unpaired) electrons. The molecule has 1 rings (SSSR count). The minimum absolute atomic E-state index is 0.519. The van der Waals surface area contributed by atoms with Crippen LogP contribution in [0.4, 0.5) is 0 Å². The Balaban J connectivity index is 2.74. The van der Waals surface area contributed by atoms with E-state index in [2.05, 4.69) is 40.2 Å². The predicted octanol–water partition coefficient (Wildman–Crippen LogP) is 2.10. The van der Waals surface area contributed by atoms with Crippen molar-refractivity contribution in [2.24, 2.45) is 0 Å². The lowest BCUT2D eigenvalue weighted by Crippen LogP contribution is -2.34. The number of alkyl halides is 2. The lowest BCUT2D eigenvalue weighted by atomic mass is 10.4. The third-order valence-corrected chi connectivity index (χ3v) is 6.30. The first kappa shape index (κ1) is 9.30. The number of hydrogen-bond donors (Lipinski definition) is 0. The summed E-state index contributed by atoms with van der Waals surface area (Å²) in [7, 11) is -0.519. The molecule has 0 unspecified atom stereocenters. The molecule has 1 aromatic carbocycles. The molecule has 0 N–H and O–H groups in total. The van der Waals surface area contributed by atoms with Crippen molar-refractivity contribution in [3.05, 3.63) is 30.3 Å². The average molecular weight is 249 g/mol. The van der Waals surface area contributed by atoms with E-state index in [9.17, 15) is 0 Å². The summed E-state index contributed by atoms with van der Waals surface area (Å²) in [5.41, 5.74) is 0.778. The Morgan fingerprint density at radius 1 is 1.27 bits per heavy atom. The van der Waals surface area contributed by atoms with Crippen molar-refractivity contribution in [3.63, 3.8) is 0 Å². The molecule has 0 fully saturated rings. The van der Waals surface area contributed by atoms with Crippen LogP contribution in [0.5, 0.6) is 0 Å². The second kappa shape index (κ2) is 4.96. The van der Waals surface area contributed by atoms with Gasteiger partial charge in [0.05, 0.1) is 0 Å². The van der Waals surface area contributed by atoms with Crippen LogP contribution in [-0.2, 0) is 0 Å². The van der Waals surface area contributed by atoms with E-state index in [-0.39, 0.29) is 0 Å². The molecule has 0 saturated carbocycles. The topological polar surface area (TPSA) is 0 Å². The lowest BCUT2D eigenvalue weighted by Gasteiger charge is -2.06. The molecule has 0 amide bonds. The molecule has 0 aliphatic carbocycles. The molecule has 3 heteroatoms. The van der Waals surface area contributed by atoms with E-state index in [0.29, 0.717) is 0 Å². The van der Waals surface area contributed by atoms with Gasteiger partial charge in [-0.1, -0.05) is 51.4 Å². The van der Waals surface area contributed by atoms with Gasteiger partial charge in [-0.25, -0.2) is 0 Å². The fraction of sp³-hybridized carbons (Fsp3) is 0.250. The Kier molecular flexibility index (Phi) is 4.19. The van der Waals surface area contributed by atoms with E-state index in [1.807, 2.05) is 6.07 Å². The zero-order valence-electron chi connectivity index (χ0n) is 6.06. The minimum atomic E-state index is -0.519. The summed E-state index contributed by atoms with van der Waals surface area (Å²) >= 11 is 9.29. The Labute approximate surface area is 82.3 Å². The van der Waals surface area contributed by atoms with E-state index >= 15 is 0 Å². The highest BCUT2D eigenvalue weighted by Crippen LogP contribution is 1.95. The van der Waals surface area contributed by atoms with Crippen molar-refractivity contribution in [2.75, 3.05) is 10.5 Å². The van der Waals surface area contributed by atoms with Crippen molar-refractivity contribution in [2.45, 2.75) is 0 Å². The zero-order chi connectivity index (χ0) is 8.10. The summed E-state index contributed by atoms with van der Waals surface area (Å²) in [6.07, 6.45) is 0. The van der Waals surface area contributed by atoms with Gasteiger partial charge in [-0.2, -0.15) is 0 Å². The zero-order valence-corrected chi connectivity index (χ0v) is 9.40. The predicted molar refractivity (Wildman–Crippen MR) is 56.3 cm³/mol. The number of rotatable bonds is 3. The van der Waals surface area contributed by atoms with E-state index in [1.165, 1.54) is 5.19 Å². The van der Waals surface area contributed by atoms with E-state index < -0.39 is 8.80 Å². The van der Waals surface area contributed by atoms with Gasteiger partial charge in [-0.3, -0.25) is 0 Å². The molecular formula is C8H9BrClSi. The van der Waals surface area contributed by atoms with Gasteiger partial charge in [0.1, 0.15) is 8.80 Å². The first-order valence-corrected chi connectivity index (χ1v) is 6.97. The maximum absolute atomic E-state index is 5.82. The Hall–Kier alpha value is 0.207. The van der Waals surface area contributed by atoms with Crippen molar-refractivity contribution in [1.29, 1.82) is 0 Å². The van der Waals surface area contributed by atoms with Gasteiger partial charge in [0.15, 0.2) is 0 Å². The Morgan fingerprint density at radius 3 is 2.36 bits per heavy atom. The summed E-state index contributed by atoms with van der Waals surface area (Å²) in [6, 6.07) is 10.5. The lowest BCUT2D eigenvalue weighted by molar-refractivity contribution is 1.73. The summed E-state index contributed by atoms with van der Waals surface area (Å²) in [5, 5.41) is 1.41. The monoisotopic (exact) mass is 247 g/mol. The summed E-state index contributed by atoms with van der Waals surface area (Å²) in [4.78, 5) is 1.03. The highest BCUT2D eigenvalue weighted by Gasteiger charge is 2.09. The van der Waals surface area contributed by atoms with Gasteiger partial charge in [0, 0.05) is 10.5 Å². The Bertz CT molecular complexity index is 199. The summed E-state index contributed by atoms with van der Waals surface area (Å²) in [5.74, 6) is 0. The van der Waals surface area contributed by atoms with Gasteiger partial charge in [0.25, 0.3) is 0 Å². The van der Waals surface area contributed by atoms with Gasteiger partial charge >= 0.3 is 0 Å². The molecule has 59 valence electrons. The first-order valence-electron chi connectivity index (χ1n) is 3.40. The number of halogens is 2. The summed E-state index contributed by atoms with van der Waals surface area (Å²) in [6.45, 7) is 0. The normalized spacial score (nSPS) is 10.5. The molecule has 0 heterocycles. The maximum Gasteiger partial charge on any atom is 0.113 e. The average Bonchev–Trinajstić information content (AvgIpc) is 2.09. The molecule has 0 aromatic heterocycles. The molecule has 0 saturated heterocycles. The van der Waals surface area contributed by atoms with Gasteiger partial charge in [-0.05, 0) is 0 Å². The van der Waals surface area contributed by atoms with Crippen LogP contribution in [0.15, 0.2) is 30.3 Å². The molecule has 0 atom stereocenters. The fourth-order valence-electron chi connectivity index (χ4n) is 0.864. The van der Waals surface area contributed by atoms with Gasteiger partial charge in [0.2, 0.25) is 0 Å². The molecule has 0 aliphatic heterocycles. The van der Waals surface area contributed by atoms with Crippen LogP contribution in [0.25, 0.3) is 0 Å². The first-order chi connectivity index (χ1) is 5.38. The van der Waals surface area contributed by atoms with E-state index in [1.54, 1.807) is 0 Å². The Morgan fingerprint density at radius 2 is 1.91 bits per heavy atom. The second-order valence-electron chi connectivity index (χ2n) is 2.24. The maximum atomic E-state index is 5.82. The largest absolute Gasteiger partial charge is 0.130 e. The van der Waals surface area contributed by atoms with Crippen molar-refractivity contribution < 1.29 is 0 Å². The van der Waals surface area contributed by atoms with Crippen LogP contribution >= 0.6 is 27.5 Å². The fourth-order valence-corrected chi connectivity index (χ4v) is 4.90.